The molecule has 0 saturated heterocycles. The fourth-order valence-corrected chi connectivity index (χ4v) is 3.04. The summed E-state index contributed by atoms with van der Waals surface area (Å²) in [5.41, 5.74) is 3.96. The zero-order valence-corrected chi connectivity index (χ0v) is 12.2. The molecule has 0 aliphatic carbocycles. The molecule has 0 atom stereocenters. The minimum absolute atomic E-state index is 1.07. The molecule has 1 aromatic carbocycles. The fourth-order valence-electron chi connectivity index (χ4n) is 2.42. The van der Waals surface area contributed by atoms with E-state index >= 15 is 0 Å². The van der Waals surface area contributed by atoms with Gasteiger partial charge in [-0.1, -0.05) is 18.2 Å². The molecular formula is C16H18N2S. The van der Waals surface area contributed by atoms with Gasteiger partial charge in [0.1, 0.15) is 0 Å². The molecule has 0 radical (unpaired) electrons. The second kappa shape index (κ2) is 5.19. The van der Waals surface area contributed by atoms with Crippen molar-refractivity contribution >= 4 is 22.2 Å². The molecule has 3 heteroatoms. The monoisotopic (exact) mass is 270 g/mol. The molecule has 3 rings (SSSR count). The van der Waals surface area contributed by atoms with Gasteiger partial charge in [0.05, 0.1) is 11.2 Å². The Kier molecular flexibility index (Phi) is 3.40. The van der Waals surface area contributed by atoms with Crippen LogP contribution in [0, 0.1) is 0 Å². The van der Waals surface area contributed by atoms with Crippen LogP contribution in [0.15, 0.2) is 47.2 Å². The maximum absolute atomic E-state index is 2.38. The first-order chi connectivity index (χ1) is 9.25. The SMILES string of the molecule is CN(C)CCc1cc2ccccc2n1-c1ccsc1. The largest absolute Gasteiger partial charge is 0.313 e. The molecule has 3 aromatic rings. The first-order valence-corrected chi connectivity index (χ1v) is 7.46. The smallest absolute Gasteiger partial charge is 0.0565 e. The van der Waals surface area contributed by atoms with Crippen LogP contribution in [0.1, 0.15) is 5.69 Å². The van der Waals surface area contributed by atoms with Gasteiger partial charge in [-0.15, -0.1) is 0 Å². The predicted octanol–water partition coefficient (Wildman–Crippen LogP) is 3.80. The molecule has 0 bridgehead atoms. The minimum atomic E-state index is 1.07. The molecule has 0 unspecified atom stereocenters. The second-order valence-corrected chi connectivity index (χ2v) is 5.84. The number of hydrogen-bond acceptors (Lipinski definition) is 2. The van der Waals surface area contributed by atoms with Crippen molar-refractivity contribution < 1.29 is 0 Å². The minimum Gasteiger partial charge on any atom is -0.313 e. The van der Waals surface area contributed by atoms with Crippen LogP contribution >= 0.6 is 11.3 Å². The van der Waals surface area contributed by atoms with E-state index in [9.17, 15) is 0 Å². The number of fused-ring (bicyclic) bond motifs is 1. The molecule has 2 aromatic heterocycles. The van der Waals surface area contributed by atoms with Gasteiger partial charge in [-0.25, -0.2) is 0 Å². The van der Waals surface area contributed by atoms with E-state index in [2.05, 4.69) is 70.7 Å². The van der Waals surface area contributed by atoms with E-state index in [-0.39, 0.29) is 0 Å². The van der Waals surface area contributed by atoms with Gasteiger partial charge in [-0.3, -0.25) is 0 Å². The van der Waals surface area contributed by atoms with E-state index in [0.717, 1.165) is 13.0 Å². The van der Waals surface area contributed by atoms with Crippen LogP contribution in [0.4, 0.5) is 0 Å². The van der Waals surface area contributed by atoms with Gasteiger partial charge in [0.2, 0.25) is 0 Å². The summed E-state index contributed by atoms with van der Waals surface area (Å²) in [5.74, 6) is 0. The van der Waals surface area contributed by atoms with Crippen molar-refractivity contribution in [3.05, 3.63) is 52.9 Å². The second-order valence-electron chi connectivity index (χ2n) is 5.06. The fraction of sp³-hybridized carbons (Fsp3) is 0.250. The van der Waals surface area contributed by atoms with Crippen LogP contribution in [0.25, 0.3) is 16.6 Å². The number of nitrogens with zero attached hydrogens (tertiary/aromatic N) is 2. The number of thiophene rings is 1. The maximum Gasteiger partial charge on any atom is 0.0565 e. The average Bonchev–Trinajstić information content (AvgIpc) is 3.02. The van der Waals surface area contributed by atoms with Gasteiger partial charge in [-0.05, 0) is 37.7 Å². The lowest BCUT2D eigenvalue weighted by Crippen LogP contribution is -2.16. The van der Waals surface area contributed by atoms with E-state index in [1.54, 1.807) is 11.3 Å². The summed E-state index contributed by atoms with van der Waals surface area (Å²) in [6, 6.07) is 13.1. The lowest BCUT2D eigenvalue weighted by atomic mass is 10.2. The van der Waals surface area contributed by atoms with Crippen molar-refractivity contribution in [3.8, 4) is 5.69 Å². The first-order valence-electron chi connectivity index (χ1n) is 6.52. The topological polar surface area (TPSA) is 8.17 Å². The molecule has 2 nitrogen and oxygen atoms in total. The number of likely N-dealkylation sites (N-methyl/N-ethyl adjacent to an activating group) is 1. The molecular weight excluding hydrogens is 252 g/mol. The lowest BCUT2D eigenvalue weighted by molar-refractivity contribution is 0.411. The average molecular weight is 270 g/mol. The summed E-state index contributed by atoms with van der Waals surface area (Å²) in [6.07, 6.45) is 1.07. The van der Waals surface area contributed by atoms with Crippen LogP contribution in [-0.4, -0.2) is 30.1 Å². The number of benzene rings is 1. The van der Waals surface area contributed by atoms with Gasteiger partial charge in [0, 0.05) is 29.4 Å². The van der Waals surface area contributed by atoms with E-state index in [0.29, 0.717) is 0 Å². The molecule has 0 amide bonds. The van der Waals surface area contributed by atoms with E-state index in [1.165, 1.54) is 22.3 Å². The molecule has 19 heavy (non-hydrogen) atoms. The molecule has 98 valence electrons. The molecule has 0 spiro atoms. The highest BCUT2D eigenvalue weighted by molar-refractivity contribution is 7.08. The summed E-state index contributed by atoms with van der Waals surface area (Å²) in [4.78, 5) is 2.23. The normalized spacial score (nSPS) is 11.5. The molecule has 0 aliphatic rings. The molecule has 0 saturated carbocycles. The van der Waals surface area contributed by atoms with Crippen LogP contribution in [0.3, 0.4) is 0 Å². The van der Waals surface area contributed by atoms with Gasteiger partial charge in [0.15, 0.2) is 0 Å². The van der Waals surface area contributed by atoms with E-state index in [1.807, 2.05) is 0 Å². The van der Waals surface area contributed by atoms with Crippen molar-refractivity contribution in [2.24, 2.45) is 0 Å². The lowest BCUT2D eigenvalue weighted by Gasteiger charge is -2.12. The highest BCUT2D eigenvalue weighted by Gasteiger charge is 2.10. The third-order valence-corrected chi connectivity index (χ3v) is 4.04. The Morgan fingerprint density at radius 1 is 1.16 bits per heavy atom. The number of aromatic nitrogens is 1. The molecule has 0 fully saturated rings. The summed E-state index contributed by atoms with van der Waals surface area (Å²) < 4.78 is 2.38. The summed E-state index contributed by atoms with van der Waals surface area (Å²) in [5, 5.41) is 5.67. The number of para-hydroxylation sites is 1. The number of rotatable bonds is 4. The third kappa shape index (κ3) is 2.44. The van der Waals surface area contributed by atoms with Crippen molar-refractivity contribution in [3.63, 3.8) is 0 Å². The van der Waals surface area contributed by atoms with Gasteiger partial charge < -0.3 is 9.47 Å². The quantitative estimate of drug-likeness (QED) is 0.700. The Labute approximate surface area is 117 Å². The number of hydrogen-bond donors (Lipinski definition) is 0. The predicted molar refractivity (Wildman–Crippen MR) is 83.4 cm³/mol. The van der Waals surface area contributed by atoms with Crippen molar-refractivity contribution in [1.29, 1.82) is 0 Å². The van der Waals surface area contributed by atoms with Gasteiger partial charge in [-0.2, -0.15) is 11.3 Å². The molecule has 0 aliphatic heterocycles. The highest BCUT2D eigenvalue weighted by atomic mass is 32.1. The Bertz CT molecular complexity index is 665. The Morgan fingerprint density at radius 2 is 2.00 bits per heavy atom. The Hall–Kier alpha value is -1.58. The third-order valence-electron chi connectivity index (χ3n) is 3.37. The summed E-state index contributed by atoms with van der Waals surface area (Å²) in [6.45, 7) is 1.07. The van der Waals surface area contributed by atoms with E-state index in [4.69, 9.17) is 0 Å². The van der Waals surface area contributed by atoms with Crippen molar-refractivity contribution in [2.75, 3.05) is 20.6 Å². The molecule has 0 N–H and O–H groups in total. The van der Waals surface area contributed by atoms with Crippen LogP contribution in [-0.2, 0) is 6.42 Å². The van der Waals surface area contributed by atoms with Crippen molar-refractivity contribution in [1.82, 2.24) is 9.47 Å². The van der Waals surface area contributed by atoms with Crippen LogP contribution in [0.2, 0.25) is 0 Å². The van der Waals surface area contributed by atoms with Crippen LogP contribution in [0.5, 0.6) is 0 Å². The zero-order chi connectivity index (χ0) is 13.2. The highest BCUT2D eigenvalue weighted by Crippen LogP contribution is 2.26. The van der Waals surface area contributed by atoms with Gasteiger partial charge >= 0.3 is 0 Å². The van der Waals surface area contributed by atoms with E-state index < -0.39 is 0 Å². The zero-order valence-electron chi connectivity index (χ0n) is 11.3. The Balaban J connectivity index is 2.12. The molecule has 2 heterocycles. The van der Waals surface area contributed by atoms with Crippen molar-refractivity contribution in [2.45, 2.75) is 6.42 Å². The summed E-state index contributed by atoms with van der Waals surface area (Å²) >= 11 is 1.75. The maximum atomic E-state index is 2.38. The van der Waals surface area contributed by atoms with Crippen LogP contribution < -0.4 is 0 Å². The standard InChI is InChI=1S/C16H18N2S/c1-17(2)9-7-14-11-13-5-3-4-6-16(13)18(14)15-8-10-19-12-15/h3-6,8,10-12H,7,9H2,1-2H3. The van der Waals surface area contributed by atoms with Gasteiger partial charge in [0.25, 0.3) is 0 Å². The summed E-state index contributed by atoms with van der Waals surface area (Å²) in [7, 11) is 4.25. The Morgan fingerprint density at radius 3 is 2.74 bits per heavy atom. The first kappa shape index (κ1) is 12.5.